The van der Waals surface area contributed by atoms with Crippen LogP contribution in [0, 0.1) is 0 Å². The summed E-state index contributed by atoms with van der Waals surface area (Å²) in [6.07, 6.45) is 0. The molecule has 0 heterocycles. The number of primary sulfonamides is 1. The highest BCUT2D eigenvalue weighted by Crippen LogP contribution is 2.26. The number of amides is 1. The van der Waals surface area contributed by atoms with Crippen molar-refractivity contribution >= 4 is 45.0 Å². The van der Waals surface area contributed by atoms with Crippen LogP contribution in [0.15, 0.2) is 47.4 Å². The number of carbonyl (C=O) groups is 1. The van der Waals surface area contributed by atoms with Crippen molar-refractivity contribution in [3.05, 3.63) is 53.1 Å². The van der Waals surface area contributed by atoms with E-state index in [4.69, 9.17) is 21.5 Å². The number of nitrogens with two attached hydrogens (primary N) is 1. The van der Waals surface area contributed by atoms with Crippen molar-refractivity contribution in [2.24, 2.45) is 5.14 Å². The molecule has 25 heavy (non-hydrogen) atoms. The second kappa shape index (κ2) is 8.57. The Kier molecular flexibility index (Phi) is 6.71. The normalized spacial score (nSPS) is 11.2. The van der Waals surface area contributed by atoms with E-state index in [1.165, 1.54) is 31.0 Å². The summed E-state index contributed by atoms with van der Waals surface area (Å²) in [6.45, 7) is 0. The Morgan fingerprint density at radius 2 is 2.04 bits per heavy atom. The minimum Gasteiger partial charge on any atom is -0.495 e. The van der Waals surface area contributed by atoms with Gasteiger partial charge in [-0.25, -0.2) is 13.6 Å². The van der Waals surface area contributed by atoms with E-state index in [1.807, 2.05) is 18.2 Å². The van der Waals surface area contributed by atoms with Crippen LogP contribution in [0.25, 0.3) is 0 Å². The monoisotopic (exact) mass is 400 g/mol. The second-order valence-corrected chi connectivity index (χ2v) is 8.03. The van der Waals surface area contributed by atoms with E-state index in [2.05, 4.69) is 5.32 Å². The Labute approximate surface area is 155 Å². The zero-order chi connectivity index (χ0) is 18.4. The molecule has 0 radical (unpaired) electrons. The van der Waals surface area contributed by atoms with Gasteiger partial charge in [-0.2, -0.15) is 0 Å². The Morgan fingerprint density at radius 1 is 1.28 bits per heavy atom. The van der Waals surface area contributed by atoms with Gasteiger partial charge < -0.3 is 10.1 Å². The van der Waals surface area contributed by atoms with Crippen molar-refractivity contribution in [2.45, 2.75) is 10.6 Å². The predicted octanol–water partition coefficient (Wildman–Crippen LogP) is 2.87. The summed E-state index contributed by atoms with van der Waals surface area (Å²) < 4.78 is 28.1. The Bertz CT molecular complexity index is 872. The third kappa shape index (κ3) is 5.93. The molecule has 0 aliphatic carbocycles. The zero-order valence-electron chi connectivity index (χ0n) is 13.4. The van der Waals surface area contributed by atoms with Crippen LogP contribution in [-0.2, 0) is 20.6 Å². The summed E-state index contributed by atoms with van der Waals surface area (Å²) in [6, 6.07) is 11.7. The topological polar surface area (TPSA) is 98.5 Å². The molecule has 0 fully saturated rings. The quantitative estimate of drug-likeness (QED) is 0.744. The lowest BCUT2D eigenvalue weighted by molar-refractivity contribution is -0.113. The fourth-order valence-electron chi connectivity index (χ4n) is 2.06. The average molecular weight is 401 g/mol. The van der Waals surface area contributed by atoms with Crippen LogP contribution in [0.5, 0.6) is 5.75 Å². The van der Waals surface area contributed by atoms with Gasteiger partial charge in [-0.3, -0.25) is 4.79 Å². The number of sulfonamides is 1. The number of benzene rings is 2. The predicted molar refractivity (Wildman–Crippen MR) is 101 cm³/mol. The number of hydrogen-bond acceptors (Lipinski definition) is 5. The maximum Gasteiger partial charge on any atom is 0.241 e. The molecule has 2 aromatic rings. The van der Waals surface area contributed by atoms with Crippen LogP contribution in [0.1, 0.15) is 5.56 Å². The molecule has 0 spiro atoms. The first-order valence-corrected chi connectivity index (χ1v) is 10.2. The second-order valence-electron chi connectivity index (χ2n) is 5.08. The van der Waals surface area contributed by atoms with E-state index in [9.17, 15) is 13.2 Å². The number of ether oxygens (including phenoxy) is 1. The number of rotatable bonds is 7. The van der Waals surface area contributed by atoms with E-state index >= 15 is 0 Å². The molecule has 0 saturated heterocycles. The largest absolute Gasteiger partial charge is 0.495 e. The molecule has 9 heteroatoms. The Balaban J connectivity index is 1.96. The lowest BCUT2D eigenvalue weighted by atomic mass is 10.2. The third-order valence-electron chi connectivity index (χ3n) is 3.14. The molecule has 0 saturated carbocycles. The molecule has 3 N–H and O–H groups in total. The number of methoxy groups -OCH3 is 1. The van der Waals surface area contributed by atoms with E-state index in [0.717, 1.165) is 5.56 Å². The van der Waals surface area contributed by atoms with Crippen LogP contribution in [0.3, 0.4) is 0 Å². The lowest BCUT2D eigenvalue weighted by Gasteiger charge is -2.10. The number of nitrogens with one attached hydrogen (secondary N) is 1. The highest BCUT2D eigenvalue weighted by atomic mass is 35.5. The Hall–Kier alpha value is -1.74. The van der Waals surface area contributed by atoms with Gasteiger partial charge in [-0.1, -0.05) is 23.7 Å². The molecule has 6 nitrogen and oxygen atoms in total. The number of carbonyl (C=O) groups excluding carboxylic acids is 1. The lowest BCUT2D eigenvalue weighted by Crippen LogP contribution is -2.17. The van der Waals surface area contributed by atoms with E-state index in [0.29, 0.717) is 16.5 Å². The summed E-state index contributed by atoms with van der Waals surface area (Å²) in [5, 5.41) is 8.45. The molecule has 0 atom stereocenters. The maximum absolute atomic E-state index is 12.0. The number of anilines is 1. The summed E-state index contributed by atoms with van der Waals surface area (Å²) >= 11 is 7.33. The van der Waals surface area contributed by atoms with Crippen molar-refractivity contribution in [3.63, 3.8) is 0 Å². The highest BCUT2D eigenvalue weighted by Gasteiger charge is 2.16. The minimum absolute atomic E-state index is 0.121. The first kappa shape index (κ1) is 19.6. The van der Waals surface area contributed by atoms with Crippen LogP contribution in [0.2, 0.25) is 5.02 Å². The molecule has 0 aliphatic rings. The van der Waals surface area contributed by atoms with Gasteiger partial charge in [-0.15, -0.1) is 11.8 Å². The van der Waals surface area contributed by atoms with Gasteiger partial charge >= 0.3 is 0 Å². The third-order valence-corrected chi connectivity index (χ3v) is 5.32. The maximum atomic E-state index is 12.0. The fraction of sp³-hybridized carbons (Fsp3) is 0.188. The zero-order valence-corrected chi connectivity index (χ0v) is 15.7. The first-order valence-electron chi connectivity index (χ1n) is 7.12. The van der Waals surface area contributed by atoms with Gasteiger partial charge in [0.05, 0.1) is 12.9 Å². The average Bonchev–Trinajstić information content (AvgIpc) is 2.54. The highest BCUT2D eigenvalue weighted by molar-refractivity contribution is 7.99. The van der Waals surface area contributed by atoms with Crippen LogP contribution < -0.4 is 15.2 Å². The number of hydrogen-bond donors (Lipinski definition) is 2. The van der Waals surface area contributed by atoms with Crippen LogP contribution >= 0.6 is 23.4 Å². The van der Waals surface area contributed by atoms with E-state index < -0.39 is 10.0 Å². The van der Waals surface area contributed by atoms with Gasteiger partial charge in [0.2, 0.25) is 15.9 Å². The van der Waals surface area contributed by atoms with E-state index in [1.54, 1.807) is 12.1 Å². The summed E-state index contributed by atoms with van der Waals surface area (Å²) in [4.78, 5) is 11.8. The van der Waals surface area contributed by atoms with Gasteiger partial charge in [0.15, 0.2) is 0 Å². The molecule has 2 rings (SSSR count). The van der Waals surface area contributed by atoms with Crippen molar-refractivity contribution in [3.8, 4) is 5.75 Å². The molecule has 134 valence electrons. The van der Waals surface area contributed by atoms with Gasteiger partial charge in [0, 0.05) is 16.5 Å². The minimum atomic E-state index is -3.95. The van der Waals surface area contributed by atoms with E-state index in [-0.39, 0.29) is 22.3 Å². The standard InChI is InChI=1S/C16H17ClN2O4S2/c1-23-14-6-5-13(8-15(14)25(18,21)22)19-16(20)10-24-9-11-3-2-4-12(17)7-11/h2-8H,9-10H2,1H3,(H,19,20)(H2,18,21,22). The van der Waals surface area contributed by atoms with Crippen molar-refractivity contribution < 1.29 is 17.9 Å². The van der Waals surface area contributed by atoms with Crippen molar-refractivity contribution in [1.29, 1.82) is 0 Å². The van der Waals surface area contributed by atoms with Gasteiger partial charge in [0.25, 0.3) is 0 Å². The van der Waals surface area contributed by atoms with Crippen molar-refractivity contribution in [1.82, 2.24) is 0 Å². The SMILES string of the molecule is COc1ccc(NC(=O)CSCc2cccc(Cl)c2)cc1S(N)(=O)=O. The smallest absolute Gasteiger partial charge is 0.241 e. The molecular weight excluding hydrogens is 384 g/mol. The van der Waals surface area contributed by atoms with Gasteiger partial charge in [-0.05, 0) is 35.9 Å². The van der Waals surface area contributed by atoms with Crippen LogP contribution in [-0.4, -0.2) is 27.2 Å². The molecule has 1 amide bonds. The summed E-state index contributed by atoms with van der Waals surface area (Å²) in [5.74, 6) is 0.718. The van der Waals surface area contributed by atoms with Crippen LogP contribution in [0.4, 0.5) is 5.69 Å². The molecule has 0 bridgehead atoms. The fourth-order valence-corrected chi connectivity index (χ4v) is 3.77. The Morgan fingerprint density at radius 3 is 2.68 bits per heavy atom. The number of halogens is 1. The molecule has 0 aliphatic heterocycles. The molecule has 0 aromatic heterocycles. The molecule has 2 aromatic carbocycles. The summed E-state index contributed by atoms with van der Waals surface area (Å²) in [5.41, 5.74) is 1.35. The first-order chi connectivity index (χ1) is 11.8. The molecule has 0 unspecified atom stereocenters. The summed E-state index contributed by atoms with van der Waals surface area (Å²) in [7, 11) is -2.61. The van der Waals surface area contributed by atoms with Gasteiger partial charge in [0.1, 0.15) is 10.6 Å². The molecular formula is C16H17ClN2O4S2. The van der Waals surface area contributed by atoms with Crippen molar-refractivity contribution in [2.75, 3.05) is 18.2 Å². The number of thioether (sulfide) groups is 1.